The van der Waals surface area contributed by atoms with Crippen molar-refractivity contribution in [3.8, 4) is 0 Å². The lowest BCUT2D eigenvalue weighted by atomic mass is 9.96. The maximum absolute atomic E-state index is 11.2. The molecule has 1 aromatic carbocycles. The van der Waals surface area contributed by atoms with Crippen molar-refractivity contribution in [1.82, 2.24) is 4.98 Å². The zero-order valence-corrected chi connectivity index (χ0v) is 10.2. The second kappa shape index (κ2) is 4.12. The molecule has 2 unspecified atom stereocenters. The summed E-state index contributed by atoms with van der Waals surface area (Å²) >= 11 is 0. The van der Waals surface area contributed by atoms with Gasteiger partial charge in [-0.15, -0.1) is 0 Å². The van der Waals surface area contributed by atoms with Crippen LogP contribution in [0.15, 0.2) is 22.6 Å². The normalized spacial score (nSPS) is 23.6. The smallest absolute Gasteiger partial charge is 0.307 e. The number of carboxylic acid groups (broad SMARTS) is 1. The summed E-state index contributed by atoms with van der Waals surface area (Å²) in [5.74, 6) is -0.578. The van der Waals surface area contributed by atoms with E-state index in [-0.39, 0.29) is 11.8 Å². The summed E-state index contributed by atoms with van der Waals surface area (Å²) in [5, 5.41) is 9.19. The van der Waals surface area contributed by atoms with Gasteiger partial charge in [0.05, 0.1) is 5.92 Å². The molecule has 0 aliphatic heterocycles. The third kappa shape index (κ3) is 1.78. The molecular formula is C14H15NO3. The zero-order chi connectivity index (χ0) is 12.7. The van der Waals surface area contributed by atoms with Gasteiger partial charge in [0.25, 0.3) is 0 Å². The topological polar surface area (TPSA) is 63.3 Å². The maximum atomic E-state index is 11.2. The number of fused-ring (bicyclic) bond motifs is 1. The average Bonchev–Trinajstić information content (AvgIpc) is 2.93. The maximum Gasteiger partial charge on any atom is 0.307 e. The van der Waals surface area contributed by atoms with E-state index in [1.54, 1.807) is 0 Å². The molecule has 2 atom stereocenters. The standard InChI is InChI=1S/C14H15NO3/c1-8-5-6-12-11(7-8)15-13(18-12)9-3-2-4-10(9)14(16)17/h5-7,9-10H,2-4H2,1H3,(H,16,17). The van der Waals surface area contributed by atoms with E-state index in [1.807, 2.05) is 25.1 Å². The van der Waals surface area contributed by atoms with E-state index >= 15 is 0 Å². The predicted octanol–water partition coefficient (Wildman–Crippen LogP) is 3.10. The van der Waals surface area contributed by atoms with E-state index < -0.39 is 5.97 Å². The minimum atomic E-state index is -0.740. The van der Waals surface area contributed by atoms with E-state index in [0.717, 1.165) is 35.9 Å². The molecule has 0 radical (unpaired) electrons. The van der Waals surface area contributed by atoms with E-state index in [0.29, 0.717) is 5.89 Å². The Balaban J connectivity index is 2.01. The molecule has 3 rings (SSSR count). The van der Waals surface area contributed by atoms with Crippen LogP contribution in [0.3, 0.4) is 0 Å². The molecule has 0 amide bonds. The SMILES string of the molecule is Cc1ccc2oc(C3CCCC3C(=O)O)nc2c1. The number of rotatable bonds is 2. The third-order valence-electron chi connectivity index (χ3n) is 3.71. The lowest BCUT2D eigenvalue weighted by Crippen LogP contribution is -2.16. The second-order valence-corrected chi connectivity index (χ2v) is 5.01. The third-order valence-corrected chi connectivity index (χ3v) is 3.71. The summed E-state index contributed by atoms with van der Waals surface area (Å²) < 4.78 is 5.71. The van der Waals surface area contributed by atoms with E-state index in [9.17, 15) is 9.90 Å². The Morgan fingerprint density at radius 1 is 1.44 bits per heavy atom. The van der Waals surface area contributed by atoms with Gasteiger partial charge in [0.1, 0.15) is 5.52 Å². The number of aliphatic carboxylic acids is 1. The van der Waals surface area contributed by atoms with Gasteiger partial charge in [-0.3, -0.25) is 4.79 Å². The van der Waals surface area contributed by atoms with Crippen LogP contribution in [0.2, 0.25) is 0 Å². The highest BCUT2D eigenvalue weighted by molar-refractivity contribution is 5.74. The highest BCUT2D eigenvalue weighted by Gasteiger charge is 2.37. The molecule has 4 heteroatoms. The van der Waals surface area contributed by atoms with Gasteiger partial charge >= 0.3 is 5.97 Å². The molecule has 1 aliphatic rings. The van der Waals surface area contributed by atoms with Crippen LogP contribution in [0.1, 0.15) is 36.6 Å². The van der Waals surface area contributed by atoms with Crippen molar-refractivity contribution in [1.29, 1.82) is 0 Å². The molecule has 0 spiro atoms. The van der Waals surface area contributed by atoms with Gasteiger partial charge in [0.15, 0.2) is 11.5 Å². The summed E-state index contributed by atoms with van der Waals surface area (Å²) in [5.41, 5.74) is 2.69. The molecule has 4 nitrogen and oxygen atoms in total. The molecular weight excluding hydrogens is 230 g/mol. The number of aromatic nitrogens is 1. The Bertz CT molecular complexity index is 602. The van der Waals surface area contributed by atoms with Crippen molar-refractivity contribution in [2.24, 2.45) is 5.92 Å². The summed E-state index contributed by atoms with van der Waals surface area (Å²) in [6.07, 6.45) is 2.50. The Morgan fingerprint density at radius 3 is 3.06 bits per heavy atom. The summed E-state index contributed by atoms with van der Waals surface area (Å²) in [6.45, 7) is 2.00. The minimum Gasteiger partial charge on any atom is -0.481 e. The summed E-state index contributed by atoms with van der Waals surface area (Å²) in [4.78, 5) is 15.6. The first-order chi connectivity index (χ1) is 8.65. The molecule has 0 saturated heterocycles. The Morgan fingerprint density at radius 2 is 2.28 bits per heavy atom. The molecule has 1 fully saturated rings. The van der Waals surface area contributed by atoms with Gasteiger partial charge in [-0.2, -0.15) is 0 Å². The molecule has 1 N–H and O–H groups in total. The minimum absolute atomic E-state index is 0.0739. The number of carboxylic acids is 1. The van der Waals surface area contributed by atoms with E-state index in [1.165, 1.54) is 0 Å². The van der Waals surface area contributed by atoms with Gasteiger partial charge in [-0.05, 0) is 37.5 Å². The highest BCUT2D eigenvalue weighted by Crippen LogP contribution is 2.40. The Hall–Kier alpha value is -1.84. The molecule has 94 valence electrons. The monoisotopic (exact) mass is 245 g/mol. The van der Waals surface area contributed by atoms with Gasteiger partial charge in [0.2, 0.25) is 0 Å². The van der Waals surface area contributed by atoms with Crippen LogP contribution < -0.4 is 0 Å². The number of oxazole rings is 1. The number of hydrogen-bond acceptors (Lipinski definition) is 3. The van der Waals surface area contributed by atoms with Crippen molar-refractivity contribution in [3.63, 3.8) is 0 Å². The fourth-order valence-corrected chi connectivity index (χ4v) is 2.77. The van der Waals surface area contributed by atoms with Crippen molar-refractivity contribution >= 4 is 17.1 Å². The number of nitrogens with zero attached hydrogens (tertiary/aromatic N) is 1. The first kappa shape index (κ1) is 11.3. The van der Waals surface area contributed by atoms with Gasteiger partial charge in [-0.1, -0.05) is 12.5 Å². The van der Waals surface area contributed by atoms with Crippen LogP contribution in [-0.2, 0) is 4.79 Å². The lowest BCUT2D eigenvalue weighted by molar-refractivity contribution is -0.142. The van der Waals surface area contributed by atoms with Crippen LogP contribution >= 0.6 is 0 Å². The van der Waals surface area contributed by atoms with Crippen LogP contribution in [0.4, 0.5) is 0 Å². The molecule has 0 bridgehead atoms. The van der Waals surface area contributed by atoms with Crippen LogP contribution in [0.5, 0.6) is 0 Å². The molecule has 1 aliphatic carbocycles. The lowest BCUT2D eigenvalue weighted by Gasteiger charge is -2.10. The van der Waals surface area contributed by atoms with Crippen molar-refractivity contribution in [2.45, 2.75) is 32.1 Å². The van der Waals surface area contributed by atoms with Gasteiger partial charge in [0, 0.05) is 5.92 Å². The summed E-state index contributed by atoms with van der Waals surface area (Å²) in [6, 6.07) is 5.83. The highest BCUT2D eigenvalue weighted by atomic mass is 16.4. The first-order valence-corrected chi connectivity index (χ1v) is 6.25. The quantitative estimate of drug-likeness (QED) is 0.883. The molecule has 2 aromatic rings. The van der Waals surface area contributed by atoms with Gasteiger partial charge in [-0.25, -0.2) is 4.98 Å². The van der Waals surface area contributed by atoms with Crippen LogP contribution in [-0.4, -0.2) is 16.1 Å². The van der Waals surface area contributed by atoms with E-state index in [2.05, 4.69) is 4.98 Å². The fourth-order valence-electron chi connectivity index (χ4n) is 2.77. The van der Waals surface area contributed by atoms with Crippen molar-refractivity contribution in [2.75, 3.05) is 0 Å². The number of aryl methyl sites for hydroxylation is 1. The molecule has 18 heavy (non-hydrogen) atoms. The largest absolute Gasteiger partial charge is 0.481 e. The predicted molar refractivity (Wildman–Crippen MR) is 66.5 cm³/mol. The number of hydrogen-bond donors (Lipinski definition) is 1. The summed E-state index contributed by atoms with van der Waals surface area (Å²) in [7, 11) is 0. The van der Waals surface area contributed by atoms with Gasteiger partial charge < -0.3 is 9.52 Å². The molecule has 1 aromatic heterocycles. The van der Waals surface area contributed by atoms with Crippen LogP contribution in [0.25, 0.3) is 11.1 Å². The fraction of sp³-hybridized carbons (Fsp3) is 0.429. The molecule has 1 heterocycles. The zero-order valence-electron chi connectivity index (χ0n) is 10.2. The Kier molecular flexibility index (Phi) is 2.58. The number of carbonyl (C=O) groups is 1. The molecule has 1 saturated carbocycles. The van der Waals surface area contributed by atoms with Crippen molar-refractivity contribution < 1.29 is 14.3 Å². The van der Waals surface area contributed by atoms with Crippen molar-refractivity contribution in [3.05, 3.63) is 29.7 Å². The van der Waals surface area contributed by atoms with E-state index in [4.69, 9.17) is 4.42 Å². The number of benzene rings is 1. The first-order valence-electron chi connectivity index (χ1n) is 6.25. The average molecular weight is 245 g/mol. The second-order valence-electron chi connectivity index (χ2n) is 5.01. The Labute approximate surface area is 105 Å². The van der Waals surface area contributed by atoms with Crippen LogP contribution in [0, 0.1) is 12.8 Å².